The highest BCUT2D eigenvalue weighted by Crippen LogP contribution is 2.36. The molecule has 0 atom stereocenters. The highest BCUT2D eigenvalue weighted by atomic mass is 35.5. The van der Waals surface area contributed by atoms with Gasteiger partial charge in [0.2, 0.25) is 10.0 Å². The Labute approximate surface area is 160 Å². The maximum Gasteiger partial charge on any atom is 0.419 e. The van der Waals surface area contributed by atoms with Crippen molar-refractivity contribution in [1.29, 1.82) is 0 Å². The van der Waals surface area contributed by atoms with Gasteiger partial charge < -0.3 is 4.90 Å². The van der Waals surface area contributed by atoms with Crippen molar-refractivity contribution in [2.24, 2.45) is 0 Å². The van der Waals surface area contributed by atoms with Crippen molar-refractivity contribution in [3.8, 4) is 0 Å². The zero-order valence-electron chi connectivity index (χ0n) is 14.1. The maximum absolute atomic E-state index is 13.2. The molecule has 0 saturated carbocycles. The fraction of sp³-hybridized carbons (Fsp3) is 0.353. The molecule has 0 aliphatic carbocycles. The Bertz CT molecular complexity index is 914. The van der Waals surface area contributed by atoms with Gasteiger partial charge in [0.25, 0.3) is 0 Å². The Morgan fingerprint density at radius 1 is 1.11 bits per heavy atom. The Hall–Kier alpha value is -1.84. The van der Waals surface area contributed by atoms with Crippen LogP contribution < -0.4 is 9.62 Å². The lowest BCUT2D eigenvalue weighted by Gasteiger charge is -2.34. The smallest absolute Gasteiger partial charge is 0.356 e. The molecule has 1 aromatic carbocycles. The third kappa shape index (κ3) is 4.53. The minimum atomic E-state index is -4.49. The largest absolute Gasteiger partial charge is 0.419 e. The minimum Gasteiger partial charge on any atom is -0.356 e. The monoisotopic (exact) mass is 419 g/mol. The molecular formula is C17H17ClF3N3O2S. The predicted molar refractivity (Wildman–Crippen MR) is 96.2 cm³/mol. The number of alkyl halides is 3. The number of aromatic nitrogens is 1. The van der Waals surface area contributed by atoms with E-state index >= 15 is 0 Å². The Kier molecular flexibility index (Phi) is 5.64. The number of hydrogen-bond donors (Lipinski definition) is 1. The van der Waals surface area contributed by atoms with Gasteiger partial charge in [-0.25, -0.2) is 18.1 Å². The van der Waals surface area contributed by atoms with Crippen molar-refractivity contribution in [2.75, 3.05) is 18.0 Å². The van der Waals surface area contributed by atoms with E-state index in [1.807, 2.05) is 0 Å². The van der Waals surface area contributed by atoms with Crippen LogP contribution in [0, 0.1) is 0 Å². The molecule has 1 aliphatic heterocycles. The van der Waals surface area contributed by atoms with Gasteiger partial charge in [-0.1, -0.05) is 23.7 Å². The van der Waals surface area contributed by atoms with E-state index in [1.54, 1.807) is 12.1 Å². The zero-order valence-corrected chi connectivity index (χ0v) is 15.7. The van der Waals surface area contributed by atoms with Crippen molar-refractivity contribution >= 4 is 27.4 Å². The van der Waals surface area contributed by atoms with Crippen molar-refractivity contribution in [2.45, 2.75) is 30.0 Å². The average molecular weight is 420 g/mol. The number of nitrogens with zero attached hydrogens (tertiary/aromatic N) is 2. The van der Waals surface area contributed by atoms with Gasteiger partial charge in [-0.15, -0.1) is 0 Å². The molecule has 1 fully saturated rings. The van der Waals surface area contributed by atoms with Gasteiger partial charge in [-0.2, -0.15) is 13.2 Å². The lowest BCUT2D eigenvalue weighted by Crippen LogP contribution is -2.45. The summed E-state index contributed by atoms with van der Waals surface area (Å²) in [6.45, 7) is 0.519. The van der Waals surface area contributed by atoms with Crippen LogP contribution in [0.1, 0.15) is 18.4 Å². The number of nitrogens with one attached hydrogen (secondary N) is 1. The number of pyridine rings is 1. The second-order valence-electron chi connectivity index (χ2n) is 6.19. The first-order chi connectivity index (χ1) is 12.7. The summed E-state index contributed by atoms with van der Waals surface area (Å²) in [5.74, 6) is -0.127. The quantitative estimate of drug-likeness (QED) is 0.820. The Balaban J connectivity index is 1.69. The van der Waals surface area contributed by atoms with Crippen molar-refractivity contribution in [3.63, 3.8) is 0 Å². The molecule has 1 saturated heterocycles. The first kappa shape index (κ1) is 19.9. The second kappa shape index (κ2) is 7.65. The molecule has 2 aromatic rings. The van der Waals surface area contributed by atoms with Gasteiger partial charge in [-0.3, -0.25) is 0 Å². The minimum absolute atomic E-state index is 0.0156. The summed E-state index contributed by atoms with van der Waals surface area (Å²) in [6.07, 6.45) is -2.46. The third-order valence-electron chi connectivity index (χ3n) is 4.33. The maximum atomic E-state index is 13.2. The fourth-order valence-electron chi connectivity index (χ4n) is 3.02. The molecule has 0 radical (unpaired) electrons. The number of piperidine rings is 1. The second-order valence-corrected chi connectivity index (χ2v) is 8.27. The Morgan fingerprint density at radius 2 is 1.78 bits per heavy atom. The fourth-order valence-corrected chi connectivity index (χ4v) is 4.85. The number of halogens is 4. The van der Waals surface area contributed by atoms with E-state index in [1.165, 1.54) is 29.3 Å². The SMILES string of the molecule is O=S(=O)(NC1CCN(c2ncccc2C(F)(F)F)CC1)c1ccccc1Cl. The topological polar surface area (TPSA) is 62.3 Å². The van der Waals surface area contributed by atoms with Crippen LogP contribution in [-0.4, -0.2) is 32.5 Å². The van der Waals surface area contributed by atoms with Gasteiger partial charge in [0.1, 0.15) is 10.7 Å². The van der Waals surface area contributed by atoms with Crippen LogP contribution in [0.2, 0.25) is 5.02 Å². The van der Waals surface area contributed by atoms with E-state index in [0.717, 1.165) is 6.07 Å². The molecule has 0 unspecified atom stereocenters. The van der Waals surface area contributed by atoms with Crippen LogP contribution in [0.4, 0.5) is 19.0 Å². The molecule has 1 aromatic heterocycles. The number of benzene rings is 1. The molecule has 10 heteroatoms. The summed E-state index contributed by atoms with van der Waals surface area (Å²) >= 11 is 5.95. The molecule has 0 spiro atoms. The van der Waals surface area contributed by atoms with Crippen LogP contribution in [0.5, 0.6) is 0 Å². The number of anilines is 1. The first-order valence-electron chi connectivity index (χ1n) is 8.22. The summed E-state index contributed by atoms with van der Waals surface area (Å²) in [7, 11) is -3.80. The van der Waals surface area contributed by atoms with Crippen LogP contribution in [-0.2, 0) is 16.2 Å². The van der Waals surface area contributed by atoms with Crippen LogP contribution in [0.25, 0.3) is 0 Å². The molecule has 3 rings (SSSR count). The van der Waals surface area contributed by atoms with Crippen LogP contribution in [0.3, 0.4) is 0 Å². The summed E-state index contributed by atoms with van der Waals surface area (Å²) < 4.78 is 67.0. The van der Waals surface area contributed by atoms with Crippen LogP contribution >= 0.6 is 11.6 Å². The number of hydrogen-bond acceptors (Lipinski definition) is 4. The van der Waals surface area contributed by atoms with E-state index in [-0.39, 0.29) is 34.9 Å². The van der Waals surface area contributed by atoms with Crippen molar-refractivity contribution in [1.82, 2.24) is 9.71 Å². The van der Waals surface area contributed by atoms with E-state index in [4.69, 9.17) is 11.6 Å². The standard InChI is InChI=1S/C17H17ClF3N3O2S/c18-14-5-1-2-6-15(14)27(25,26)23-12-7-10-24(11-8-12)16-13(17(19,20)21)4-3-9-22-16/h1-6,9,12,23H,7-8,10-11H2. The van der Waals surface area contributed by atoms with E-state index in [2.05, 4.69) is 9.71 Å². The average Bonchev–Trinajstić information content (AvgIpc) is 2.61. The molecule has 2 heterocycles. The van der Waals surface area contributed by atoms with E-state index < -0.39 is 21.8 Å². The molecule has 1 N–H and O–H groups in total. The van der Waals surface area contributed by atoms with Gasteiger partial charge in [0, 0.05) is 25.3 Å². The summed E-state index contributed by atoms with van der Waals surface area (Å²) in [5.41, 5.74) is -0.792. The zero-order chi connectivity index (χ0) is 19.7. The van der Waals surface area contributed by atoms with Gasteiger partial charge in [-0.05, 0) is 37.1 Å². The van der Waals surface area contributed by atoms with Gasteiger partial charge >= 0.3 is 6.18 Å². The molecule has 146 valence electrons. The van der Waals surface area contributed by atoms with Crippen LogP contribution in [0.15, 0.2) is 47.5 Å². The summed E-state index contributed by atoms with van der Waals surface area (Å²) in [6, 6.07) is 7.95. The Morgan fingerprint density at radius 3 is 2.41 bits per heavy atom. The van der Waals surface area contributed by atoms with E-state index in [9.17, 15) is 21.6 Å². The molecular weight excluding hydrogens is 403 g/mol. The highest BCUT2D eigenvalue weighted by Gasteiger charge is 2.36. The first-order valence-corrected chi connectivity index (χ1v) is 10.1. The normalized spacial score (nSPS) is 16.5. The highest BCUT2D eigenvalue weighted by molar-refractivity contribution is 7.89. The van der Waals surface area contributed by atoms with Gasteiger partial charge in [0.05, 0.1) is 10.6 Å². The predicted octanol–water partition coefficient (Wildman–Crippen LogP) is 3.70. The molecule has 27 heavy (non-hydrogen) atoms. The lowest BCUT2D eigenvalue weighted by atomic mass is 10.1. The molecule has 5 nitrogen and oxygen atoms in total. The van der Waals surface area contributed by atoms with E-state index in [0.29, 0.717) is 12.8 Å². The van der Waals surface area contributed by atoms with Crippen molar-refractivity contribution in [3.05, 3.63) is 53.2 Å². The van der Waals surface area contributed by atoms with Gasteiger partial charge in [0.15, 0.2) is 0 Å². The molecule has 1 aliphatic rings. The molecule has 0 amide bonds. The van der Waals surface area contributed by atoms with Crippen molar-refractivity contribution < 1.29 is 21.6 Å². The number of sulfonamides is 1. The lowest BCUT2D eigenvalue weighted by molar-refractivity contribution is -0.137. The summed E-state index contributed by atoms with van der Waals surface area (Å²) in [5, 5.41) is 0.116. The third-order valence-corrected chi connectivity index (χ3v) is 6.35. The number of rotatable bonds is 4. The molecule has 0 bridgehead atoms. The summed E-state index contributed by atoms with van der Waals surface area (Å²) in [4.78, 5) is 5.39.